The lowest BCUT2D eigenvalue weighted by Gasteiger charge is -2.08. The minimum absolute atomic E-state index is 0.00709. The van der Waals surface area contributed by atoms with Gasteiger partial charge in [0.05, 0.1) is 16.7 Å². The molecule has 0 radical (unpaired) electrons. The molecule has 3 heteroatoms. The summed E-state index contributed by atoms with van der Waals surface area (Å²) in [7, 11) is 0. The van der Waals surface area contributed by atoms with Crippen molar-refractivity contribution in [2.45, 2.75) is 26.3 Å². The molecule has 1 aromatic heterocycles. The van der Waals surface area contributed by atoms with Gasteiger partial charge in [-0.05, 0) is 25.8 Å². The largest absolute Gasteiger partial charge is 0.322 e. The minimum atomic E-state index is 0.00709. The second kappa shape index (κ2) is 4.76. The maximum absolute atomic E-state index is 6.12. The van der Waals surface area contributed by atoms with Crippen molar-refractivity contribution >= 4 is 11.3 Å². The molecule has 2 nitrogen and oxygen atoms in total. The van der Waals surface area contributed by atoms with Crippen LogP contribution in [0.15, 0.2) is 29.6 Å². The summed E-state index contributed by atoms with van der Waals surface area (Å²) in [6.45, 7) is 4.10. The van der Waals surface area contributed by atoms with E-state index in [9.17, 15) is 0 Å². The van der Waals surface area contributed by atoms with Crippen LogP contribution >= 0.6 is 11.3 Å². The van der Waals surface area contributed by atoms with E-state index in [0.29, 0.717) is 0 Å². The number of benzene rings is 1. The molecule has 0 aliphatic heterocycles. The van der Waals surface area contributed by atoms with Crippen molar-refractivity contribution < 1.29 is 0 Å². The molecular formula is C13H16N2S. The number of rotatable bonds is 3. The molecule has 0 bridgehead atoms. The minimum Gasteiger partial charge on any atom is -0.322 e. The zero-order valence-corrected chi connectivity index (χ0v) is 10.4. The lowest BCUT2D eigenvalue weighted by Crippen LogP contribution is -2.13. The molecule has 2 aromatic rings. The van der Waals surface area contributed by atoms with Gasteiger partial charge in [-0.2, -0.15) is 0 Å². The normalized spacial score (nSPS) is 12.7. The van der Waals surface area contributed by atoms with Crippen molar-refractivity contribution in [1.29, 1.82) is 0 Å². The first kappa shape index (κ1) is 11.3. The summed E-state index contributed by atoms with van der Waals surface area (Å²) in [6, 6.07) is 8.51. The maximum atomic E-state index is 6.12. The molecule has 0 saturated carbocycles. The number of hydrogen-bond donors (Lipinski definition) is 1. The Balaban J connectivity index is 2.07. The van der Waals surface area contributed by atoms with E-state index in [1.54, 1.807) is 11.3 Å². The number of thiazole rings is 1. The summed E-state index contributed by atoms with van der Waals surface area (Å²) in [5.74, 6) is 0. The van der Waals surface area contributed by atoms with E-state index < -0.39 is 0 Å². The molecule has 2 rings (SSSR count). The maximum Gasteiger partial charge on any atom is 0.0898 e. The molecule has 84 valence electrons. The third-order valence-electron chi connectivity index (χ3n) is 2.59. The van der Waals surface area contributed by atoms with Crippen LogP contribution in [0.2, 0.25) is 0 Å². The first-order chi connectivity index (χ1) is 7.65. The lowest BCUT2D eigenvalue weighted by atomic mass is 10.0. The quantitative estimate of drug-likeness (QED) is 0.883. The summed E-state index contributed by atoms with van der Waals surface area (Å²) in [5, 5.41) is 3.13. The molecule has 1 heterocycles. The highest BCUT2D eigenvalue weighted by Gasteiger charge is 2.09. The molecule has 0 spiro atoms. The topological polar surface area (TPSA) is 38.9 Å². The van der Waals surface area contributed by atoms with Crippen LogP contribution < -0.4 is 5.73 Å². The Morgan fingerprint density at radius 3 is 2.50 bits per heavy atom. The molecule has 1 unspecified atom stereocenters. The Kier molecular flexibility index (Phi) is 3.36. The molecular weight excluding hydrogens is 216 g/mol. The lowest BCUT2D eigenvalue weighted by molar-refractivity contribution is 0.700. The Morgan fingerprint density at radius 1 is 1.25 bits per heavy atom. The first-order valence-electron chi connectivity index (χ1n) is 5.38. The monoisotopic (exact) mass is 232 g/mol. The highest BCUT2D eigenvalue weighted by atomic mass is 32.1. The molecule has 0 amide bonds. The smallest absolute Gasteiger partial charge is 0.0898 e. The van der Waals surface area contributed by atoms with Gasteiger partial charge in [-0.15, -0.1) is 11.3 Å². The van der Waals surface area contributed by atoms with Gasteiger partial charge in [0.25, 0.3) is 0 Å². The van der Waals surface area contributed by atoms with Crippen molar-refractivity contribution in [1.82, 2.24) is 4.98 Å². The van der Waals surface area contributed by atoms with Gasteiger partial charge in [-0.25, -0.2) is 4.98 Å². The summed E-state index contributed by atoms with van der Waals surface area (Å²) >= 11 is 1.65. The van der Waals surface area contributed by atoms with E-state index in [1.165, 1.54) is 11.1 Å². The van der Waals surface area contributed by atoms with Crippen LogP contribution in [-0.4, -0.2) is 4.98 Å². The average Bonchev–Trinajstić information content (AvgIpc) is 2.68. The summed E-state index contributed by atoms with van der Waals surface area (Å²) in [6.07, 6.45) is 0.851. The van der Waals surface area contributed by atoms with Crippen LogP contribution in [0.4, 0.5) is 0 Å². The fourth-order valence-electron chi connectivity index (χ4n) is 1.63. The van der Waals surface area contributed by atoms with Crippen LogP contribution in [-0.2, 0) is 6.42 Å². The van der Waals surface area contributed by atoms with Gasteiger partial charge < -0.3 is 5.73 Å². The summed E-state index contributed by atoms with van der Waals surface area (Å²) in [5.41, 5.74) is 9.67. The van der Waals surface area contributed by atoms with Gasteiger partial charge in [0.1, 0.15) is 0 Å². The van der Waals surface area contributed by atoms with E-state index in [-0.39, 0.29) is 6.04 Å². The number of aryl methyl sites for hydroxylation is 2. The molecule has 1 aromatic carbocycles. The van der Waals surface area contributed by atoms with Crippen LogP contribution in [0, 0.1) is 13.8 Å². The Labute approximate surface area is 100 Å². The second-order valence-electron chi connectivity index (χ2n) is 4.09. The predicted octanol–water partition coefficient (Wildman–Crippen LogP) is 3.00. The summed E-state index contributed by atoms with van der Waals surface area (Å²) < 4.78 is 0. The van der Waals surface area contributed by atoms with Gasteiger partial charge in [-0.1, -0.05) is 29.8 Å². The fourth-order valence-corrected chi connectivity index (χ4v) is 2.31. The standard InChI is InChI=1S/C13H16N2S/c1-9-3-5-11(6-4-9)7-12(14)13-8-16-10(2)15-13/h3-6,8,12H,7,14H2,1-2H3. The second-order valence-corrected chi connectivity index (χ2v) is 5.15. The van der Waals surface area contributed by atoms with E-state index in [4.69, 9.17) is 5.73 Å². The summed E-state index contributed by atoms with van der Waals surface area (Å²) in [4.78, 5) is 4.42. The number of hydrogen-bond acceptors (Lipinski definition) is 3. The number of nitrogens with two attached hydrogens (primary N) is 1. The zero-order valence-electron chi connectivity index (χ0n) is 9.60. The van der Waals surface area contributed by atoms with Crippen molar-refractivity contribution in [2.24, 2.45) is 5.73 Å². The van der Waals surface area contributed by atoms with Gasteiger partial charge in [-0.3, -0.25) is 0 Å². The van der Waals surface area contributed by atoms with E-state index in [0.717, 1.165) is 17.1 Å². The zero-order chi connectivity index (χ0) is 11.5. The van der Waals surface area contributed by atoms with Gasteiger partial charge >= 0.3 is 0 Å². The highest BCUT2D eigenvalue weighted by Crippen LogP contribution is 2.18. The Bertz CT molecular complexity index is 459. The van der Waals surface area contributed by atoms with Crippen LogP contribution in [0.25, 0.3) is 0 Å². The average molecular weight is 232 g/mol. The van der Waals surface area contributed by atoms with Crippen LogP contribution in [0.1, 0.15) is 27.9 Å². The SMILES string of the molecule is Cc1ccc(CC(N)c2csc(C)n2)cc1. The molecule has 0 saturated heterocycles. The Hall–Kier alpha value is -1.19. The Morgan fingerprint density at radius 2 is 1.94 bits per heavy atom. The molecule has 0 fully saturated rings. The number of nitrogens with zero attached hydrogens (tertiary/aromatic N) is 1. The predicted molar refractivity (Wildman–Crippen MR) is 68.7 cm³/mol. The van der Waals surface area contributed by atoms with Crippen LogP contribution in [0.3, 0.4) is 0 Å². The third kappa shape index (κ3) is 2.68. The third-order valence-corrected chi connectivity index (χ3v) is 3.38. The highest BCUT2D eigenvalue weighted by molar-refractivity contribution is 7.09. The van der Waals surface area contributed by atoms with Crippen LogP contribution in [0.5, 0.6) is 0 Å². The molecule has 1 atom stereocenters. The molecule has 0 aliphatic rings. The van der Waals surface area contributed by atoms with Crippen molar-refractivity contribution in [2.75, 3.05) is 0 Å². The fraction of sp³-hybridized carbons (Fsp3) is 0.308. The van der Waals surface area contributed by atoms with Crippen molar-refractivity contribution in [3.63, 3.8) is 0 Å². The molecule has 2 N–H and O–H groups in total. The van der Waals surface area contributed by atoms with Crippen molar-refractivity contribution in [3.05, 3.63) is 51.5 Å². The number of aromatic nitrogens is 1. The van der Waals surface area contributed by atoms with E-state index >= 15 is 0 Å². The van der Waals surface area contributed by atoms with E-state index in [2.05, 4.69) is 36.2 Å². The van der Waals surface area contributed by atoms with Gasteiger partial charge in [0.15, 0.2) is 0 Å². The molecule has 16 heavy (non-hydrogen) atoms. The van der Waals surface area contributed by atoms with Gasteiger partial charge in [0.2, 0.25) is 0 Å². The van der Waals surface area contributed by atoms with Gasteiger partial charge in [0, 0.05) is 5.38 Å². The van der Waals surface area contributed by atoms with E-state index in [1.807, 2.05) is 12.3 Å². The molecule has 0 aliphatic carbocycles. The first-order valence-corrected chi connectivity index (χ1v) is 6.26. The van der Waals surface area contributed by atoms with Crippen molar-refractivity contribution in [3.8, 4) is 0 Å².